The van der Waals surface area contributed by atoms with Gasteiger partial charge >= 0.3 is 0 Å². The molecule has 0 saturated carbocycles. The molecule has 2 aromatic heterocycles. The molecule has 2 heterocycles. The summed E-state index contributed by atoms with van der Waals surface area (Å²) in [5.41, 5.74) is 0.722. The van der Waals surface area contributed by atoms with E-state index in [0.29, 0.717) is 18.3 Å². The maximum atomic E-state index is 11.8. The van der Waals surface area contributed by atoms with Crippen molar-refractivity contribution >= 4 is 5.78 Å². The van der Waals surface area contributed by atoms with Crippen molar-refractivity contribution in [2.75, 3.05) is 0 Å². The lowest BCUT2D eigenvalue weighted by Gasteiger charge is -2.00. The van der Waals surface area contributed by atoms with Crippen LogP contribution in [0.15, 0.2) is 22.9 Å². The predicted molar refractivity (Wildman–Crippen MR) is 66.4 cm³/mol. The molecule has 0 aliphatic rings. The number of rotatable bonds is 5. The lowest BCUT2D eigenvalue weighted by molar-refractivity contribution is 0.0939. The summed E-state index contributed by atoms with van der Waals surface area (Å²) >= 11 is 0. The van der Waals surface area contributed by atoms with Crippen LogP contribution in [-0.4, -0.2) is 20.5 Å². The Morgan fingerprint density at radius 3 is 2.72 bits per heavy atom. The average Bonchev–Trinajstić information content (AvgIpc) is 2.97. The standard InChI is InChI=1S/C13H17N3O2/c1-4-11-14-15-12(18-11)8-16-6-5-10(7-16)13(17)9(2)3/h5-7,9H,4,8H2,1-3H3. The third kappa shape index (κ3) is 2.67. The Kier molecular flexibility index (Phi) is 3.60. The van der Waals surface area contributed by atoms with Crippen LogP contribution in [-0.2, 0) is 13.0 Å². The first-order valence-corrected chi connectivity index (χ1v) is 6.11. The van der Waals surface area contributed by atoms with Crippen molar-refractivity contribution in [1.29, 1.82) is 0 Å². The summed E-state index contributed by atoms with van der Waals surface area (Å²) in [7, 11) is 0. The number of nitrogens with zero attached hydrogens (tertiary/aromatic N) is 3. The van der Waals surface area contributed by atoms with E-state index in [0.717, 1.165) is 12.0 Å². The molecule has 0 amide bonds. The highest BCUT2D eigenvalue weighted by atomic mass is 16.4. The zero-order chi connectivity index (χ0) is 13.1. The number of Topliss-reactive ketones (excluding diaryl/α,β-unsaturated/α-hetero) is 1. The molecule has 0 saturated heterocycles. The first-order chi connectivity index (χ1) is 8.60. The van der Waals surface area contributed by atoms with Gasteiger partial charge < -0.3 is 8.98 Å². The maximum absolute atomic E-state index is 11.8. The van der Waals surface area contributed by atoms with E-state index in [4.69, 9.17) is 4.42 Å². The van der Waals surface area contributed by atoms with E-state index in [1.807, 2.05) is 43.8 Å². The van der Waals surface area contributed by atoms with E-state index in [9.17, 15) is 4.79 Å². The van der Waals surface area contributed by atoms with Gasteiger partial charge in [-0.2, -0.15) is 0 Å². The SMILES string of the molecule is CCc1nnc(Cn2ccc(C(=O)C(C)C)c2)o1. The Bertz CT molecular complexity index is 540. The zero-order valence-electron chi connectivity index (χ0n) is 10.9. The normalized spacial score (nSPS) is 11.1. The Labute approximate surface area is 106 Å². The molecule has 0 bridgehead atoms. The summed E-state index contributed by atoms with van der Waals surface area (Å²) in [6, 6.07) is 1.82. The average molecular weight is 247 g/mol. The second-order valence-electron chi connectivity index (χ2n) is 4.53. The van der Waals surface area contributed by atoms with Crippen LogP contribution in [0.25, 0.3) is 0 Å². The molecule has 2 rings (SSSR count). The second kappa shape index (κ2) is 5.16. The molecular formula is C13H17N3O2. The van der Waals surface area contributed by atoms with Crippen molar-refractivity contribution in [2.45, 2.75) is 33.7 Å². The molecule has 96 valence electrons. The first kappa shape index (κ1) is 12.5. The fraction of sp³-hybridized carbons (Fsp3) is 0.462. The summed E-state index contributed by atoms with van der Waals surface area (Å²) in [5, 5.41) is 7.85. The third-order valence-electron chi connectivity index (χ3n) is 2.69. The largest absolute Gasteiger partial charge is 0.423 e. The molecular weight excluding hydrogens is 230 g/mol. The van der Waals surface area contributed by atoms with Crippen LogP contribution in [0.2, 0.25) is 0 Å². The van der Waals surface area contributed by atoms with Crippen LogP contribution < -0.4 is 0 Å². The predicted octanol–water partition coefficient (Wildman–Crippen LogP) is 2.32. The number of hydrogen-bond donors (Lipinski definition) is 0. The van der Waals surface area contributed by atoms with Gasteiger partial charge in [-0.15, -0.1) is 10.2 Å². The molecule has 0 aliphatic heterocycles. The van der Waals surface area contributed by atoms with Crippen molar-refractivity contribution in [3.8, 4) is 0 Å². The highest BCUT2D eigenvalue weighted by Crippen LogP contribution is 2.10. The van der Waals surface area contributed by atoms with Crippen LogP contribution >= 0.6 is 0 Å². The van der Waals surface area contributed by atoms with E-state index in [1.165, 1.54) is 0 Å². The van der Waals surface area contributed by atoms with Gasteiger partial charge in [-0.1, -0.05) is 20.8 Å². The fourth-order valence-corrected chi connectivity index (χ4v) is 1.67. The van der Waals surface area contributed by atoms with Crippen LogP contribution in [0.3, 0.4) is 0 Å². The Morgan fingerprint density at radius 2 is 2.11 bits per heavy atom. The molecule has 0 radical (unpaired) electrons. The number of carbonyl (C=O) groups excluding carboxylic acids is 1. The molecule has 18 heavy (non-hydrogen) atoms. The molecule has 0 aliphatic carbocycles. The minimum absolute atomic E-state index is 0.0101. The van der Waals surface area contributed by atoms with Gasteiger partial charge in [-0.3, -0.25) is 4.79 Å². The number of hydrogen-bond acceptors (Lipinski definition) is 4. The Morgan fingerprint density at radius 1 is 1.39 bits per heavy atom. The van der Waals surface area contributed by atoms with Gasteiger partial charge in [0.15, 0.2) is 5.78 Å². The van der Waals surface area contributed by atoms with Gasteiger partial charge in [0.2, 0.25) is 11.8 Å². The van der Waals surface area contributed by atoms with Crippen LogP contribution in [0.5, 0.6) is 0 Å². The smallest absolute Gasteiger partial charge is 0.236 e. The minimum atomic E-state index is 0.0101. The van der Waals surface area contributed by atoms with Crippen molar-refractivity contribution in [1.82, 2.24) is 14.8 Å². The highest BCUT2D eigenvalue weighted by molar-refractivity contribution is 5.97. The van der Waals surface area contributed by atoms with Crippen molar-refractivity contribution in [2.24, 2.45) is 5.92 Å². The molecule has 5 heteroatoms. The lowest BCUT2D eigenvalue weighted by Crippen LogP contribution is -2.06. The summed E-state index contributed by atoms with van der Waals surface area (Å²) in [6.07, 6.45) is 4.40. The quantitative estimate of drug-likeness (QED) is 0.761. The number of ketones is 1. The Hall–Kier alpha value is -1.91. The Balaban J connectivity index is 2.08. The molecule has 2 aromatic rings. The van der Waals surface area contributed by atoms with Crippen LogP contribution in [0.1, 0.15) is 42.9 Å². The van der Waals surface area contributed by atoms with E-state index in [1.54, 1.807) is 0 Å². The lowest BCUT2D eigenvalue weighted by atomic mass is 10.0. The van der Waals surface area contributed by atoms with E-state index in [2.05, 4.69) is 10.2 Å². The molecule has 0 fully saturated rings. The van der Waals surface area contributed by atoms with Crippen molar-refractivity contribution in [3.63, 3.8) is 0 Å². The van der Waals surface area contributed by atoms with Gasteiger partial charge in [0.25, 0.3) is 0 Å². The van der Waals surface area contributed by atoms with E-state index in [-0.39, 0.29) is 11.7 Å². The molecule has 0 spiro atoms. The second-order valence-corrected chi connectivity index (χ2v) is 4.53. The third-order valence-corrected chi connectivity index (χ3v) is 2.69. The minimum Gasteiger partial charge on any atom is -0.423 e. The number of aromatic nitrogens is 3. The summed E-state index contributed by atoms with van der Waals surface area (Å²) in [6.45, 7) is 6.25. The van der Waals surface area contributed by atoms with Crippen molar-refractivity contribution in [3.05, 3.63) is 35.8 Å². The number of aryl methyl sites for hydroxylation is 1. The zero-order valence-corrected chi connectivity index (χ0v) is 10.9. The van der Waals surface area contributed by atoms with Crippen LogP contribution in [0.4, 0.5) is 0 Å². The summed E-state index contributed by atoms with van der Waals surface area (Å²) in [5.74, 6) is 1.35. The molecule has 0 atom stereocenters. The molecule has 0 aromatic carbocycles. The summed E-state index contributed by atoms with van der Waals surface area (Å²) in [4.78, 5) is 11.8. The topological polar surface area (TPSA) is 60.9 Å². The number of carbonyl (C=O) groups is 1. The summed E-state index contributed by atoms with van der Waals surface area (Å²) < 4.78 is 7.30. The fourth-order valence-electron chi connectivity index (χ4n) is 1.67. The van der Waals surface area contributed by atoms with Gasteiger partial charge in [0.05, 0.1) is 0 Å². The molecule has 0 N–H and O–H groups in total. The van der Waals surface area contributed by atoms with Crippen LogP contribution in [0, 0.1) is 5.92 Å². The molecule has 5 nitrogen and oxygen atoms in total. The van der Waals surface area contributed by atoms with E-state index < -0.39 is 0 Å². The maximum Gasteiger partial charge on any atom is 0.236 e. The first-order valence-electron chi connectivity index (χ1n) is 6.11. The molecule has 0 unspecified atom stereocenters. The van der Waals surface area contributed by atoms with E-state index >= 15 is 0 Å². The van der Waals surface area contributed by atoms with Gasteiger partial charge in [0.1, 0.15) is 6.54 Å². The van der Waals surface area contributed by atoms with Gasteiger partial charge in [0, 0.05) is 30.3 Å². The van der Waals surface area contributed by atoms with Crippen molar-refractivity contribution < 1.29 is 9.21 Å². The van der Waals surface area contributed by atoms with Gasteiger partial charge in [-0.25, -0.2) is 0 Å². The highest BCUT2D eigenvalue weighted by Gasteiger charge is 2.12. The van der Waals surface area contributed by atoms with Gasteiger partial charge in [-0.05, 0) is 6.07 Å². The monoisotopic (exact) mass is 247 g/mol.